The van der Waals surface area contributed by atoms with Gasteiger partial charge in [-0.05, 0) is 37.5 Å². The topological polar surface area (TPSA) is 55.1 Å². The van der Waals surface area contributed by atoms with Crippen molar-refractivity contribution in [3.63, 3.8) is 0 Å². The van der Waals surface area contributed by atoms with E-state index >= 15 is 0 Å². The van der Waals surface area contributed by atoms with Gasteiger partial charge in [0.15, 0.2) is 0 Å². The van der Waals surface area contributed by atoms with E-state index in [0.717, 1.165) is 18.4 Å². The van der Waals surface area contributed by atoms with Crippen LogP contribution < -0.4 is 11.1 Å². The van der Waals surface area contributed by atoms with E-state index in [1.807, 2.05) is 25.1 Å². The van der Waals surface area contributed by atoms with E-state index in [2.05, 4.69) is 29.6 Å². The third kappa shape index (κ3) is 2.77. The maximum atomic E-state index is 12.3. The van der Waals surface area contributed by atoms with Gasteiger partial charge in [-0.25, -0.2) is 0 Å². The second-order valence-electron chi connectivity index (χ2n) is 5.92. The number of aryl methyl sites for hydroxylation is 1. The number of anilines is 1. The number of nitrogens with one attached hydrogen (secondary N) is 1. The molecule has 0 radical (unpaired) electrons. The molecule has 3 rings (SSSR count). The van der Waals surface area contributed by atoms with Crippen molar-refractivity contribution in [2.75, 3.05) is 12.3 Å². The molecule has 0 aliphatic heterocycles. The van der Waals surface area contributed by atoms with E-state index in [4.69, 9.17) is 5.73 Å². The molecule has 108 valence electrons. The maximum absolute atomic E-state index is 12.3. The van der Waals surface area contributed by atoms with Crippen molar-refractivity contribution in [3.05, 3.63) is 65.2 Å². The molecule has 1 aliphatic rings. The molecular weight excluding hydrogens is 260 g/mol. The summed E-state index contributed by atoms with van der Waals surface area (Å²) in [6, 6.07) is 15.9. The first-order valence-corrected chi connectivity index (χ1v) is 7.31. The first-order chi connectivity index (χ1) is 10.1. The lowest BCUT2D eigenvalue weighted by Gasteiger charge is -2.17. The fourth-order valence-electron chi connectivity index (χ4n) is 2.72. The van der Waals surface area contributed by atoms with Crippen LogP contribution in [0.25, 0.3) is 0 Å². The van der Waals surface area contributed by atoms with Crippen LogP contribution in [0.1, 0.15) is 34.3 Å². The number of carbonyl (C=O) groups excluding carboxylic acids is 1. The standard InChI is InChI=1S/C18H20N2O/c1-13-7-8-16(19)15(11-13)17(21)20-12-18(9-10-18)14-5-3-2-4-6-14/h2-8,11H,9-10,12,19H2,1H3,(H,20,21). The summed E-state index contributed by atoms with van der Waals surface area (Å²) in [5.41, 5.74) is 9.46. The smallest absolute Gasteiger partial charge is 0.253 e. The monoisotopic (exact) mass is 280 g/mol. The van der Waals surface area contributed by atoms with Crippen LogP contribution in [-0.4, -0.2) is 12.5 Å². The Bertz CT molecular complexity index is 660. The van der Waals surface area contributed by atoms with E-state index in [1.54, 1.807) is 6.07 Å². The predicted octanol–water partition coefficient (Wildman–Crippen LogP) is 3.04. The highest BCUT2D eigenvalue weighted by atomic mass is 16.1. The van der Waals surface area contributed by atoms with Gasteiger partial charge in [0.05, 0.1) is 5.56 Å². The lowest BCUT2D eigenvalue weighted by molar-refractivity contribution is 0.0950. The van der Waals surface area contributed by atoms with Gasteiger partial charge in [0.1, 0.15) is 0 Å². The SMILES string of the molecule is Cc1ccc(N)c(C(=O)NCC2(c3ccccc3)CC2)c1. The summed E-state index contributed by atoms with van der Waals surface area (Å²) in [4.78, 5) is 12.3. The molecule has 0 saturated heterocycles. The van der Waals surface area contributed by atoms with Crippen molar-refractivity contribution in [1.29, 1.82) is 0 Å². The molecule has 0 spiro atoms. The molecule has 3 nitrogen and oxygen atoms in total. The van der Waals surface area contributed by atoms with Gasteiger partial charge in [0.25, 0.3) is 5.91 Å². The van der Waals surface area contributed by atoms with Gasteiger partial charge >= 0.3 is 0 Å². The molecule has 3 N–H and O–H groups in total. The van der Waals surface area contributed by atoms with Crippen LogP contribution in [-0.2, 0) is 5.41 Å². The minimum atomic E-state index is -0.0848. The lowest BCUT2D eigenvalue weighted by Crippen LogP contribution is -2.32. The molecule has 1 aliphatic carbocycles. The average Bonchev–Trinajstić information content (AvgIpc) is 3.29. The Morgan fingerprint density at radius 1 is 1.19 bits per heavy atom. The van der Waals surface area contributed by atoms with Crippen LogP contribution in [0.2, 0.25) is 0 Å². The van der Waals surface area contributed by atoms with Crippen molar-refractivity contribution in [1.82, 2.24) is 5.32 Å². The second-order valence-corrected chi connectivity index (χ2v) is 5.92. The molecule has 0 atom stereocenters. The summed E-state index contributed by atoms with van der Waals surface area (Å²) in [5.74, 6) is -0.0848. The van der Waals surface area contributed by atoms with Gasteiger partial charge in [-0.15, -0.1) is 0 Å². The number of amides is 1. The summed E-state index contributed by atoms with van der Waals surface area (Å²) in [6.07, 6.45) is 2.25. The number of benzene rings is 2. The van der Waals surface area contributed by atoms with Crippen molar-refractivity contribution in [2.45, 2.75) is 25.2 Å². The van der Waals surface area contributed by atoms with Gasteiger partial charge < -0.3 is 11.1 Å². The van der Waals surface area contributed by atoms with Gasteiger partial charge in [0, 0.05) is 17.6 Å². The molecule has 3 heteroatoms. The summed E-state index contributed by atoms with van der Waals surface area (Å²) in [5, 5.41) is 3.05. The molecule has 1 amide bonds. The van der Waals surface area contributed by atoms with Gasteiger partial charge in [0.2, 0.25) is 0 Å². The normalized spacial score (nSPS) is 15.5. The summed E-state index contributed by atoms with van der Waals surface area (Å²) < 4.78 is 0. The molecule has 0 aromatic heterocycles. The van der Waals surface area contributed by atoms with Crippen LogP contribution in [0, 0.1) is 6.92 Å². The van der Waals surface area contributed by atoms with Crippen molar-refractivity contribution < 1.29 is 4.79 Å². The van der Waals surface area contributed by atoms with E-state index in [0.29, 0.717) is 17.8 Å². The molecular formula is C18H20N2O. The Morgan fingerprint density at radius 3 is 2.57 bits per heavy atom. The Balaban J connectivity index is 1.71. The zero-order valence-electron chi connectivity index (χ0n) is 12.2. The van der Waals surface area contributed by atoms with Gasteiger partial charge in [-0.2, -0.15) is 0 Å². The van der Waals surface area contributed by atoms with Crippen LogP contribution in [0.3, 0.4) is 0 Å². The predicted molar refractivity (Wildman–Crippen MR) is 85.3 cm³/mol. The zero-order chi connectivity index (χ0) is 14.9. The van der Waals surface area contributed by atoms with Crippen LogP contribution in [0.15, 0.2) is 48.5 Å². The third-order valence-electron chi connectivity index (χ3n) is 4.28. The molecule has 1 fully saturated rings. The minimum absolute atomic E-state index is 0.0848. The molecule has 2 aromatic rings. The number of nitrogens with two attached hydrogens (primary N) is 1. The largest absolute Gasteiger partial charge is 0.398 e. The zero-order valence-corrected chi connectivity index (χ0v) is 12.2. The number of rotatable bonds is 4. The number of nitrogen functional groups attached to an aromatic ring is 1. The summed E-state index contributed by atoms with van der Waals surface area (Å²) in [6.45, 7) is 2.63. The minimum Gasteiger partial charge on any atom is -0.398 e. The number of hydrogen-bond acceptors (Lipinski definition) is 2. The molecule has 21 heavy (non-hydrogen) atoms. The molecule has 0 bridgehead atoms. The highest BCUT2D eigenvalue weighted by molar-refractivity contribution is 5.99. The van der Waals surface area contributed by atoms with Gasteiger partial charge in [-0.3, -0.25) is 4.79 Å². The van der Waals surface area contributed by atoms with Crippen molar-refractivity contribution in [2.24, 2.45) is 0 Å². The summed E-state index contributed by atoms with van der Waals surface area (Å²) in [7, 11) is 0. The third-order valence-corrected chi connectivity index (χ3v) is 4.28. The Morgan fingerprint density at radius 2 is 1.90 bits per heavy atom. The fourth-order valence-corrected chi connectivity index (χ4v) is 2.72. The summed E-state index contributed by atoms with van der Waals surface area (Å²) >= 11 is 0. The molecule has 0 unspecified atom stereocenters. The highest BCUT2D eigenvalue weighted by Gasteiger charge is 2.44. The number of hydrogen-bond donors (Lipinski definition) is 2. The molecule has 1 saturated carbocycles. The fraction of sp³-hybridized carbons (Fsp3) is 0.278. The van der Waals surface area contributed by atoms with E-state index in [1.165, 1.54) is 5.56 Å². The van der Waals surface area contributed by atoms with Gasteiger partial charge in [-0.1, -0.05) is 42.0 Å². The van der Waals surface area contributed by atoms with E-state index < -0.39 is 0 Å². The lowest BCUT2D eigenvalue weighted by atomic mass is 9.96. The number of carbonyl (C=O) groups is 1. The maximum Gasteiger partial charge on any atom is 0.253 e. The molecule has 2 aromatic carbocycles. The Hall–Kier alpha value is -2.29. The molecule has 0 heterocycles. The Kier molecular flexibility index (Phi) is 3.42. The first-order valence-electron chi connectivity index (χ1n) is 7.31. The first kappa shape index (κ1) is 13.7. The second kappa shape index (κ2) is 5.24. The van der Waals surface area contributed by atoms with Crippen LogP contribution in [0.5, 0.6) is 0 Å². The quantitative estimate of drug-likeness (QED) is 0.846. The van der Waals surface area contributed by atoms with Crippen molar-refractivity contribution >= 4 is 11.6 Å². The van der Waals surface area contributed by atoms with Crippen LogP contribution >= 0.6 is 0 Å². The van der Waals surface area contributed by atoms with Crippen LogP contribution in [0.4, 0.5) is 5.69 Å². The van der Waals surface area contributed by atoms with Crippen molar-refractivity contribution in [3.8, 4) is 0 Å². The van der Waals surface area contributed by atoms with E-state index in [9.17, 15) is 4.79 Å². The Labute approximate surface area is 125 Å². The van der Waals surface area contributed by atoms with E-state index in [-0.39, 0.29) is 11.3 Å². The highest BCUT2D eigenvalue weighted by Crippen LogP contribution is 2.47. The average molecular weight is 280 g/mol.